The lowest BCUT2D eigenvalue weighted by Gasteiger charge is -1.76. The average Bonchev–Trinajstić information content (AvgIpc) is 1.65. The molecule has 2 N–H and O–H groups in total. The predicted molar refractivity (Wildman–Crippen MR) is 36.3 cm³/mol. The van der Waals surface area contributed by atoms with Crippen molar-refractivity contribution in [3.05, 3.63) is 0 Å². The van der Waals surface area contributed by atoms with Crippen LogP contribution in [0.15, 0.2) is 0 Å². The molecule has 8 heavy (non-hydrogen) atoms. The van der Waals surface area contributed by atoms with Crippen molar-refractivity contribution in [2.45, 2.75) is 6.92 Å². The summed E-state index contributed by atoms with van der Waals surface area (Å²) in [6.07, 6.45) is 1.19. The van der Waals surface area contributed by atoms with E-state index in [4.69, 9.17) is 8.76 Å². The molecule has 0 aromatic carbocycles. The topological polar surface area (TPSA) is 49.3 Å². The van der Waals surface area contributed by atoms with Gasteiger partial charge in [-0.05, 0) is 13.6 Å². The SMILES string of the molecule is CCNC.CS(=O)O. The molecule has 1 unspecified atom stereocenters. The van der Waals surface area contributed by atoms with E-state index in [2.05, 4.69) is 12.2 Å². The lowest BCUT2D eigenvalue weighted by Crippen LogP contribution is -2.01. The third kappa shape index (κ3) is 136. The van der Waals surface area contributed by atoms with Crippen LogP contribution in [-0.4, -0.2) is 28.6 Å². The zero-order valence-electron chi connectivity index (χ0n) is 5.47. The van der Waals surface area contributed by atoms with Gasteiger partial charge in [-0.3, -0.25) is 0 Å². The standard InChI is InChI=1S/C3H9N.CH4O2S/c1-3-4-2;1-4(2)3/h4H,3H2,1-2H3;1H3,(H,2,3). The molecule has 1 atom stereocenters. The van der Waals surface area contributed by atoms with Crippen LogP contribution in [0, 0.1) is 0 Å². The molecular formula is C4H13NO2S. The van der Waals surface area contributed by atoms with Crippen LogP contribution < -0.4 is 5.32 Å². The first-order chi connectivity index (χ1) is 3.65. The molecule has 0 saturated carbocycles. The van der Waals surface area contributed by atoms with Gasteiger partial charge in [0.1, 0.15) is 11.1 Å². The summed E-state index contributed by atoms with van der Waals surface area (Å²) in [6, 6.07) is 0. The smallest absolute Gasteiger partial charge is 0.149 e. The summed E-state index contributed by atoms with van der Waals surface area (Å²) in [4.78, 5) is 0. The summed E-state index contributed by atoms with van der Waals surface area (Å²) in [7, 11) is 1.93. The molecule has 0 aromatic heterocycles. The van der Waals surface area contributed by atoms with E-state index in [1.54, 1.807) is 0 Å². The van der Waals surface area contributed by atoms with Gasteiger partial charge in [-0.25, -0.2) is 4.21 Å². The highest BCUT2D eigenvalue weighted by molar-refractivity contribution is 7.78. The summed E-state index contributed by atoms with van der Waals surface area (Å²) in [6.45, 7) is 3.14. The Bertz CT molecular complexity index is 52.0. The molecule has 52 valence electrons. The first-order valence-electron chi connectivity index (χ1n) is 2.32. The molecule has 4 heteroatoms. The van der Waals surface area contributed by atoms with Crippen LogP contribution in [0.5, 0.6) is 0 Å². The van der Waals surface area contributed by atoms with E-state index in [1.807, 2.05) is 7.05 Å². The number of nitrogens with one attached hydrogen (secondary N) is 1. The Hall–Kier alpha value is 0.0700. The molecule has 0 radical (unpaired) electrons. The van der Waals surface area contributed by atoms with E-state index in [1.165, 1.54) is 6.26 Å². The monoisotopic (exact) mass is 139 g/mol. The van der Waals surface area contributed by atoms with Gasteiger partial charge in [0.2, 0.25) is 0 Å². The van der Waals surface area contributed by atoms with E-state index in [0.29, 0.717) is 0 Å². The molecule has 0 spiro atoms. The minimum Gasteiger partial charge on any atom is -0.320 e. The molecule has 0 aliphatic heterocycles. The van der Waals surface area contributed by atoms with Crippen molar-refractivity contribution >= 4 is 11.1 Å². The lowest BCUT2D eigenvalue weighted by molar-refractivity contribution is 0.571. The Labute approximate surface area is 52.8 Å². The molecule has 0 aromatic rings. The lowest BCUT2D eigenvalue weighted by atomic mass is 10.8. The summed E-state index contributed by atoms with van der Waals surface area (Å²) < 4.78 is 16.6. The number of rotatable bonds is 1. The van der Waals surface area contributed by atoms with Crippen molar-refractivity contribution in [3.8, 4) is 0 Å². The third-order valence-electron chi connectivity index (χ3n) is 0.354. The Kier molecular flexibility index (Phi) is 13.9. The second kappa shape index (κ2) is 10.1. The van der Waals surface area contributed by atoms with E-state index < -0.39 is 11.1 Å². The van der Waals surface area contributed by atoms with Crippen molar-refractivity contribution in [2.75, 3.05) is 19.8 Å². The Morgan fingerprint density at radius 2 is 1.88 bits per heavy atom. The van der Waals surface area contributed by atoms with E-state index in [-0.39, 0.29) is 0 Å². The summed E-state index contributed by atoms with van der Waals surface area (Å²) in [5.41, 5.74) is 0. The number of hydrogen-bond donors (Lipinski definition) is 2. The first kappa shape index (κ1) is 10.9. The number of hydrogen-bond acceptors (Lipinski definition) is 2. The quantitative estimate of drug-likeness (QED) is 0.505. The highest BCUT2D eigenvalue weighted by Crippen LogP contribution is 1.46. The second-order valence-electron chi connectivity index (χ2n) is 1.13. The van der Waals surface area contributed by atoms with Gasteiger partial charge in [0.25, 0.3) is 0 Å². The molecule has 0 rings (SSSR count). The first-order valence-corrected chi connectivity index (χ1v) is 3.83. The summed E-state index contributed by atoms with van der Waals surface area (Å²) in [5, 5.41) is 2.93. The molecule has 3 nitrogen and oxygen atoms in total. The van der Waals surface area contributed by atoms with Crippen LogP contribution in [0.3, 0.4) is 0 Å². The van der Waals surface area contributed by atoms with Gasteiger partial charge < -0.3 is 9.87 Å². The molecule has 0 amide bonds. The van der Waals surface area contributed by atoms with Crippen LogP contribution in [0.2, 0.25) is 0 Å². The largest absolute Gasteiger partial charge is 0.320 e. The second-order valence-corrected chi connectivity index (χ2v) is 1.98. The summed E-state index contributed by atoms with van der Waals surface area (Å²) >= 11 is -1.61. The molecule has 0 aliphatic carbocycles. The average molecular weight is 139 g/mol. The van der Waals surface area contributed by atoms with Crippen molar-refractivity contribution < 1.29 is 8.76 Å². The van der Waals surface area contributed by atoms with E-state index >= 15 is 0 Å². The molecular weight excluding hydrogens is 126 g/mol. The van der Waals surface area contributed by atoms with Gasteiger partial charge in [-0.15, -0.1) is 0 Å². The Balaban J connectivity index is 0. The van der Waals surface area contributed by atoms with Crippen molar-refractivity contribution in [1.29, 1.82) is 0 Å². The van der Waals surface area contributed by atoms with Gasteiger partial charge in [0.15, 0.2) is 0 Å². The molecule has 0 fully saturated rings. The highest BCUT2D eigenvalue weighted by atomic mass is 32.2. The molecule has 0 saturated heterocycles. The molecule has 0 heterocycles. The van der Waals surface area contributed by atoms with Gasteiger partial charge >= 0.3 is 0 Å². The zero-order chi connectivity index (χ0) is 6.99. The van der Waals surface area contributed by atoms with E-state index in [9.17, 15) is 0 Å². The van der Waals surface area contributed by atoms with Gasteiger partial charge in [-0.2, -0.15) is 0 Å². The van der Waals surface area contributed by atoms with Gasteiger partial charge in [0, 0.05) is 6.26 Å². The minimum atomic E-state index is -1.61. The third-order valence-corrected chi connectivity index (χ3v) is 0.354. The zero-order valence-corrected chi connectivity index (χ0v) is 6.29. The van der Waals surface area contributed by atoms with Crippen molar-refractivity contribution in [2.24, 2.45) is 0 Å². The molecule has 0 aliphatic rings. The fourth-order valence-corrected chi connectivity index (χ4v) is 0. The van der Waals surface area contributed by atoms with Crippen LogP contribution in [0.4, 0.5) is 0 Å². The van der Waals surface area contributed by atoms with Crippen LogP contribution in [0.25, 0.3) is 0 Å². The fraction of sp³-hybridized carbons (Fsp3) is 1.00. The molecule has 0 bridgehead atoms. The minimum absolute atomic E-state index is 1.07. The van der Waals surface area contributed by atoms with Crippen LogP contribution in [-0.2, 0) is 11.1 Å². The maximum atomic E-state index is 9.11. The maximum Gasteiger partial charge on any atom is 0.149 e. The Morgan fingerprint density at radius 1 is 1.75 bits per heavy atom. The van der Waals surface area contributed by atoms with E-state index in [0.717, 1.165) is 6.54 Å². The van der Waals surface area contributed by atoms with Gasteiger partial charge in [-0.1, -0.05) is 6.92 Å². The Morgan fingerprint density at radius 3 is 1.88 bits per heavy atom. The van der Waals surface area contributed by atoms with Crippen LogP contribution >= 0.6 is 0 Å². The predicted octanol–water partition coefficient (Wildman–Crippen LogP) is 0.0636. The summed E-state index contributed by atoms with van der Waals surface area (Å²) in [5.74, 6) is 0. The fourth-order valence-electron chi connectivity index (χ4n) is 0. The highest BCUT2D eigenvalue weighted by Gasteiger charge is 1.59. The maximum absolute atomic E-state index is 9.11. The van der Waals surface area contributed by atoms with Gasteiger partial charge in [0.05, 0.1) is 0 Å². The van der Waals surface area contributed by atoms with Crippen molar-refractivity contribution in [1.82, 2.24) is 5.32 Å². The normalized spacial score (nSPS) is 11.5. The van der Waals surface area contributed by atoms with Crippen molar-refractivity contribution in [3.63, 3.8) is 0 Å². The van der Waals surface area contributed by atoms with Crippen LogP contribution in [0.1, 0.15) is 6.92 Å².